The van der Waals surface area contributed by atoms with E-state index in [1.165, 1.54) is 0 Å². The van der Waals surface area contributed by atoms with Crippen LogP contribution in [0.4, 0.5) is 4.79 Å². The summed E-state index contributed by atoms with van der Waals surface area (Å²) >= 11 is 3.55. The van der Waals surface area contributed by atoms with Gasteiger partial charge in [-0.3, -0.25) is 4.68 Å². The number of halogens is 1. The lowest BCUT2D eigenvalue weighted by Gasteiger charge is -2.19. The number of ether oxygens (including phenoxy) is 3. The van der Waals surface area contributed by atoms with Crippen LogP contribution in [0.3, 0.4) is 0 Å². The Balaban J connectivity index is 1.61. The van der Waals surface area contributed by atoms with Crippen molar-refractivity contribution in [2.45, 2.75) is 32.9 Å². The second-order valence-corrected chi connectivity index (χ2v) is 7.46. The van der Waals surface area contributed by atoms with E-state index in [4.69, 9.17) is 14.2 Å². The maximum atomic E-state index is 11.6. The molecule has 1 N–H and O–H groups in total. The molecule has 1 aliphatic rings. The van der Waals surface area contributed by atoms with Crippen LogP contribution in [0, 0.1) is 0 Å². The number of carbonyl (C=O) groups is 1. The number of benzene rings is 1. The van der Waals surface area contributed by atoms with Crippen molar-refractivity contribution >= 4 is 22.0 Å². The highest BCUT2D eigenvalue weighted by Crippen LogP contribution is 2.40. The zero-order valence-corrected chi connectivity index (χ0v) is 15.9. The summed E-state index contributed by atoms with van der Waals surface area (Å²) in [5.74, 6) is 1.45. The number of amides is 1. The third-order valence-electron chi connectivity index (χ3n) is 3.42. The van der Waals surface area contributed by atoms with Crippen LogP contribution in [0.15, 0.2) is 29.0 Å². The van der Waals surface area contributed by atoms with E-state index in [1.54, 1.807) is 10.9 Å². The average Bonchev–Trinajstić information content (AvgIpc) is 3.13. The Morgan fingerprint density at radius 1 is 1.36 bits per heavy atom. The lowest BCUT2D eigenvalue weighted by atomic mass is 10.1. The maximum absolute atomic E-state index is 11.6. The SMILES string of the molecule is CC(C)(C)OC(=O)NCCn1cc(-c2cc3c(cc2Br)OCO3)cn1. The van der Waals surface area contributed by atoms with Crippen LogP contribution in [0.5, 0.6) is 11.5 Å². The Morgan fingerprint density at radius 3 is 2.80 bits per heavy atom. The third kappa shape index (κ3) is 4.45. The highest BCUT2D eigenvalue weighted by atomic mass is 79.9. The quantitative estimate of drug-likeness (QED) is 0.835. The van der Waals surface area contributed by atoms with Crippen molar-refractivity contribution in [3.8, 4) is 22.6 Å². The molecule has 0 aliphatic carbocycles. The van der Waals surface area contributed by atoms with Crippen molar-refractivity contribution in [2.24, 2.45) is 0 Å². The number of aromatic nitrogens is 2. The van der Waals surface area contributed by atoms with Gasteiger partial charge < -0.3 is 19.5 Å². The number of hydrogen-bond donors (Lipinski definition) is 1. The minimum atomic E-state index is -0.505. The standard InChI is InChI=1S/C17H20BrN3O4/c1-17(2,3)25-16(22)19-4-5-21-9-11(8-20-21)12-6-14-15(7-13(12)18)24-10-23-14/h6-9H,4-5,10H2,1-3H3,(H,19,22). The van der Waals surface area contributed by atoms with Crippen LogP contribution < -0.4 is 14.8 Å². The molecule has 7 nitrogen and oxygen atoms in total. The largest absolute Gasteiger partial charge is 0.454 e. The van der Waals surface area contributed by atoms with E-state index in [-0.39, 0.29) is 6.79 Å². The topological polar surface area (TPSA) is 74.6 Å². The first-order chi connectivity index (χ1) is 11.8. The average molecular weight is 410 g/mol. The van der Waals surface area contributed by atoms with Crippen LogP contribution in [-0.2, 0) is 11.3 Å². The van der Waals surface area contributed by atoms with Gasteiger partial charge in [0, 0.05) is 28.3 Å². The Kier molecular flexibility index (Phi) is 4.89. The van der Waals surface area contributed by atoms with Gasteiger partial charge in [-0.05, 0) is 32.9 Å². The van der Waals surface area contributed by atoms with Gasteiger partial charge in [-0.1, -0.05) is 15.9 Å². The van der Waals surface area contributed by atoms with Gasteiger partial charge in [0.2, 0.25) is 6.79 Å². The minimum Gasteiger partial charge on any atom is -0.454 e. The van der Waals surface area contributed by atoms with Crippen LogP contribution >= 0.6 is 15.9 Å². The van der Waals surface area contributed by atoms with Gasteiger partial charge in [0.15, 0.2) is 11.5 Å². The maximum Gasteiger partial charge on any atom is 0.407 e. The lowest BCUT2D eigenvalue weighted by molar-refractivity contribution is 0.0525. The Hall–Kier alpha value is -2.22. The number of alkyl carbamates (subject to hydrolysis) is 1. The van der Waals surface area contributed by atoms with Crippen molar-refractivity contribution in [2.75, 3.05) is 13.3 Å². The Labute approximate surface area is 154 Å². The van der Waals surface area contributed by atoms with Crippen LogP contribution in [-0.4, -0.2) is 34.8 Å². The van der Waals surface area contributed by atoms with Gasteiger partial charge in [-0.2, -0.15) is 5.10 Å². The molecule has 25 heavy (non-hydrogen) atoms. The van der Waals surface area contributed by atoms with Crippen LogP contribution in [0.2, 0.25) is 0 Å². The number of rotatable bonds is 4. The molecule has 0 radical (unpaired) electrons. The molecule has 0 atom stereocenters. The van der Waals surface area contributed by atoms with Gasteiger partial charge in [-0.15, -0.1) is 0 Å². The van der Waals surface area contributed by atoms with E-state index in [9.17, 15) is 4.79 Å². The Morgan fingerprint density at radius 2 is 2.08 bits per heavy atom. The fraction of sp³-hybridized carbons (Fsp3) is 0.412. The predicted octanol–water partition coefficient (Wildman–Crippen LogP) is 3.57. The fourth-order valence-corrected chi connectivity index (χ4v) is 2.90. The molecule has 1 aromatic carbocycles. The van der Waals surface area contributed by atoms with Crippen LogP contribution in [0.25, 0.3) is 11.1 Å². The van der Waals surface area contributed by atoms with Gasteiger partial charge in [-0.25, -0.2) is 4.79 Å². The summed E-state index contributed by atoms with van der Waals surface area (Å²) in [7, 11) is 0. The Bertz CT molecular complexity index is 783. The molecule has 0 spiro atoms. The zero-order chi connectivity index (χ0) is 18.0. The highest BCUT2D eigenvalue weighted by Gasteiger charge is 2.18. The molecule has 3 rings (SSSR count). The van der Waals surface area contributed by atoms with Gasteiger partial charge >= 0.3 is 6.09 Å². The van der Waals surface area contributed by atoms with Crippen molar-refractivity contribution in [1.29, 1.82) is 0 Å². The van der Waals surface area contributed by atoms with Crippen molar-refractivity contribution < 1.29 is 19.0 Å². The predicted molar refractivity (Wildman–Crippen MR) is 95.7 cm³/mol. The normalized spacial score (nSPS) is 13.0. The second kappa shape index (κ2) is 6.95. The van der Waals surface area contributed by atoms with Gasteiger partial charge in [0.1, 0.15) is 5.60 Å². The molecule has 2 aromatic rings. The number of nitrogens with zero attached hydrogens (tertiary/aromatic N) is 2. The first-order valence-corrected chi connectivity index (χ1v) is 8.70. The third-order valence-corrected chi connectivity index (χ3v) is 4.07. The zero-order valence-electron chi connectivity index (χ0n) is 14.3. The van der Waals surface area contributed by atoms with Crippen LogP contribution in [0.1, 0.15) is 20.8 Å². The number of fused-ring (bicyclic) bond motifs is 1. The van der Waals surface area contributed by atoms with Gasteiger partial charge in [0.05, 0.1) is 12.7 Å². The smallest absolute Gasteiger partial charge is 0.407 e. The molecule has 0 bridgehead atoms. The second-order valence-electron chi connectivity index (χ2n) is 6.61. The molecule has 1 amide bonds. The molecule has 0 saturated heterocycles. The lowest BCUT2D eigenvalue weighted by Crippen LogP contribution is -2.34. The fourth-order valence-electron chi connectivity index (χ4n) is 2.35. The summed E-state index contributed by atoms with van der Waals surface area (Å²) in [5, 5.41) is 7.04. The molecule has 1 aromatic heterocycles. The molecule has 1 aliphatic heterocycles. The highest BCUT2D eigenvalue weighted by molar-refractivity contribution is 9.10. The number of nitrogens with one attached hydrogen (secondary N) is 1. The molecular weight excluding hydrogens is 390 g/mol. The molecule has 2 heterocycles. The van der Waals surface area contributed by atoms with Gasteiger partial charge in [0.25, 0.3) is 0 Å². The molecule has 134 valence electrons. The number of carbonyl (C=O) groups excluding carboxylic acids is 1. The van der Waals surface area contributed by atoms with E-state index in [0.29, 0.717) is 13.1 Å². The summed E-state index contributed by atoms with van der Waals surface area (Å²) < 4.78 is 18.7. The number of hydrogen-bond acceptors (Lipinski definition) is 5. The van der Waals surface area contributed by atoms with E-state index in [0.717, 1.165) is 27.1 Å². The van der Waals surface area contributed by atoms with E-state index < -0.39 is 11.7 Å². The molecule has 0 saturated carbocycles. The first-order valence-electron chi connectivity index (χ1n) is 7.91. The van der Waals surface area contributed by atoms with E-state index >= 15 is 0 Å². The van der Waals surface area contributed by atoms with Crippen molar-refractivity contribution in [1.82, 2.24) is 15.1 Å². The summed E-state index contributed by atoms with van der Waals surface area (Å²) in [6.45, 7) is 6.70. The molecule has 0 fully saturated rings. The van der Waals surface area contributed by atoms with Crippen molar-refractivity contribution in [3.05, 3.63) is 29.0 Å². The minimum absolute atomic E-state index is 0.237. The molecular formula is C17H20BrN3O4. The summed E-state index contributed by atoms with van der Waals surface area (Å²) in [5.41, 5.74) is 1.41. The molecule has 8 heteroatoms. The monoisotopic (exact) mass is 409 g/mol. The van der Waals surface area contributed by atoms with Crippen molar-refractivity contribution in [3.63, 3.8) is 0 Å². The van der Waals surface area contributed by atoms with E-state index in [1.807, 2.05) is 39.1 Å². The summed E-state index contributed by atoms with van der Waals surface area (Å²) in [6.07, 6.45) is 3.26. The van der Waals surface area contributed by atoms with E-state index in [2.05, 4.69) is 26.3 Å². The summed E-state index contributed by atoms with van der Waals surface area (Å²) in [6, 6.07) is 3.81. The first kappa shape index (κ1) is 17.6. The molecule has 0 unspecified atom stereocenters. The summed E-state index contributed by atoms with van der Waals surface area (Å²) in [4.78, 5) is 11.6.